The van der Waals surface area contributed by atoms with Gasteiger partial charge < -0.3 is 19.3 Å². The third-order valence-corrected chi connectivity index (χ3v) is 13.4. The van der Waals surface area contributed by atoms with Crippen molar-refractivity contribution in [2.24, 2.45) is 4.99 Å². The Labute approximate surface area is 337 Å². The minimum absolute atomic E-state index is 0.0282. The molecule has 0 radical (unpaired) electrons. The molecule has 4 aliphatic rings. The molecule has 0 aliphatic carbocycles. The highest BCUT2D eigenvalue weighted by molar-refractivity contribution is 7.89. The molecule has 294 valence electrons. The second-order valence-electron chi connectivity index (χ2n) is 14.0. The van der Waals surface area contributed by atoms with Crippen molar-refractivity contribution in [3.63, 3.8) is 0 Å². The van der Waals surface area contributed by atoms with E-state index in [-0.39, 0.29) is 40.8 Å². The normalized spacial score (nSPS) is 21.5. The van der Waals surface area contributed by atoms with E-state index in [0.717, 1.165) is 30.4 Å². The van der Waals surface area contributed by atoms with Crippen molar-refractivity contribution in [3.8, 4) is 5.75 Å². The molecular weight excluding hydrogens is 787 g/mol. The third-order valence-electron chi connectivity index (χ3n) is 10.6. The van der Waals surface area contributed by atoms with E-state index in [9.17, 15) is 13.2 Å². The average Bonchev–Trinajstić information content (AvgIpc) is 3.59. The molecule has 55 heavy (non-hydrogen) atoms. The molecule has 2 atom stereocenters. The maximum absolute atomic E-state index is 15.1. The predicted molar refractivity (Wildman–Crippen MR) is 213 cm³/mol. The lowest BCUT2D eigenvalue weighted by Gasteiger charge is -2.39. The summed E-state index contributed by atoms with van der Waals surface area (Å²) in [6.45, 7) is 7.08. The fourth-order valence-corrected chi connectivity index (χ4v) is 9.92. The van der Waals surface area contributed by atoms with Gasteiger partial charge in [0.25, 0.3) is 0 Å². The van der Waals surface area contributed by atoms with Crippen molar-refractivity contribution in [2.45, 2.75) is 43.2 Å². The molecule has 0 unspecified atom stereocenters. The summed E-state index contributed by atoms with van der Waals surface area (Å²) in [6, 6.07) is 16.1. The zero-order valence-corrected chi connectivity index (χ0v) is 33.8. The second-order valence-corrected chi connectivity index (χ2v) is 17.2. The van der Waals surface area contributed by atoms with Crippen LogP contribution in [-0.4, -0.2) is 129 Å². The number of halogens is 3. The quantitative estimate of drug-likeness (QED) is 0.247. The summed E-state index contributed by atoms with van der Waals surface area (Å²) in [5.74, 6) is 0.608. The number of morpholine rings is 1. The number of hydrogen-bond acceptors (Lipinski definition) is 8. The minimum atomic E-state index is -4.00. The lowest BCUT2D eigenvalue weighted by atomic mass is 9.93. The number of ether oxygens (including phenoxy) is 2. The fraction of sp³-hybridized carbons (Fsp3) is 0.462. The molecule has 0 aromatic heterocycles. The molecule has 0 spiro atoms. The predicted octanol–water partition coefficient (Wildman–Crippen LogP) is 6.36. The fourth-order valence-electron chi connectivity index (χ4n) is 7.63. The molecule has 3 fully saturated rings. The van der Waals surface area contributed by atoms with Gasteiger partial charge in [-0.3, -0.25) is 19.6 Å². The zero-order chi connectivity index (χ0) is 38.7. The SMILES string of the molecule is CCOc1cc(Cl)c(S(=O)(=O)N2CCCCC2)cc1C1=N[C@@H](c2ccc(Cl)cc2)[C@@H](c2ccc(Cl)cc2)N1C(=O)N1CCN(CC(=O)N2CCOCC2)CC1. The molecule has 0 bridgehead atoms. The number of urea groups is 1. The Morgan fingerprint density at radius 2 is 1.42 bits per heavy atom. The zero-order valence-electron chi connectivity index (χ0n) is 30.7. The first-order valence-corrected chi connectivity index (χ1v) is 21.3. The van der Waals surface area contributed by atoms with E-state index in [2.05, 4.69) is 4.90 Å². The van der Waals surface area contributed by atoms with Gasteiger partial charge in [-0.25, -0.2) is 13.2 Å². The van der Waals surface area contributed by atoms with E-state index in [1.807, 2.05) is 36.1 Å². The number of hydrogen-bond donors (Lipinski definition) is 0. The van der Waals surface area contributed by atoms with Crippen molar-refractivity contribution in [1.82, 2.24) is 23.9 Å². The van der Waals surface area contributed by atoms with Gasteiger partial charge in [-0.2, -0.15) is 4.31 Å². The number of piperidine rings is 1. The smallest absolute Gasteiger partial charge is 0.326 e. The Morgan fingerprint density at radius 1 is 0.800 bits per heavy atom. The van der Waals surface area contributed by atoms with E-state index in [4.69, 9.17) is 49.3 Å². The molecule has 4 aliphatic heterocycles. The van der Waals surface area contributed by atoms with E-state index in [0.29, 0.717) is 86.9 Å². The van der Waals surface area contributed by atoms with Crippen LogP contribution < -0.4 is 4.74 Å². The average molecular weight is 832 g/mol. The first kappa shape index (κ1) is 39.8. The van der Waals surface area contributed by atoms with Gasteiger partial charge in [-0.1, -0.05) is 65.5 Å². The van der Waals surface area contributed by atoms with Crippen LogP contribution in [0.5, 0.6) is 5.75 Å². The Morgan fingerprint density at radius 3 is 2.04 bits per heavy atom. The molecule has 3 saturated heterocycles. The van der Waals surface area contributed by atoms with Crippen molar-refractivity contribution < 1.29 is 27.5 Å². The number of carbonyl (C=O) groups is 2. The van der Waals surface area contributed by atoms with Gasteiger partial charge in [0.05, 0.1) is 43.0 Å². The Hall–Kier alpha value is -3.43. The molecule has 4 heterocycles. The molecular formula is C39H45Cl3N6O6S. The Kier molecular flexibility index (Phi) is 12.6. The standard InChI is InChI=1S/C39H45Cl3N6O6S/c1-2-54-33-25-32(42)34(55(51,52)47-14-4-3-5-15-47)24-31(33)38-43-36(27-6-10-29(40)11-7-27)37(28-8-12-30(41)13-9-28)48(38)39(50)46-18-16-44(17-19-46)26-35(49)45-20-22-53-23-21-45/h6-13,24-25,36-37H,2-5,14-23,26H2,1H3/t36-,37+/m0/s1. The molecule has 7 rings (SSSR count). The van der Waals surface area contributed by atoms with Crippen LogP contribution in [0.3, 0.4) is 0 Å². The number of benzene rings is 3. The van der Waals surface area contributed by atoms with Gasteiger partial charge in [0.2, 0.25) is 15.9 Å². The summed E-state index contributed by atoms with van der Waals surface area (Å²) in [5.41, 5.74) is 1.91. The van der Waals surface area contributed by atoms with E-state index < -0.39 is 22.1 Å². The van der Waals surface area contributed by atoms with Gasteiger partial charge in [0.1, 0.15) is 22.5 Å². The van der Waals surface area contributed by atoms with Crippen molar-refractivity contribution in [2.75, 3.05) is 78.7 Å². The largest absolute Gasteiger partial charge is 0.493 e. The summed E-state index contributed by atoms with van der Waals surface area (Å²) < 4.78 is 41.3. The Balaban J connectivity index is 1.30. The van der Waals surface area contributed by atoms with Gasteiger partial charge in [0, 0.05) is 68.5 Å². The van der Waals surface area contributed by atoms with E-state index >= 15 is 4.79 Å². The van der Waals surface area contributed by atoms with Crippen LogP contribution in [-0.2, 0) is 19.6 Å². The number of nitrogens with zero attached hydrogens (tertiary/aromatic N) is 6. The van der Waals surface area contributed by atoms with E-state index in [1.165, 1.54) is 16.4 Å². The van der Waals surface area contributed by atoms with Crippen LogP contribution in [0, 0.1) is 0 Å². The van der Waals surface area contributed by atoms with Gasteiger partial charge in [-0.05, 0) is 61.2 Å². The highest BCUT2D eigenvalue weighted by Crippen LogP contribution is 2.46. The maximum atomic E-state index is 15.1. The summed E-state index contributed by atoms with van der Waals surface area (Å²) in [5, 5.41) is 1.12. The third kappa shape index (κ3) is 8.63. The number of amides is 3. The highest BCUT2D eigenvalue weighted by Gasteiger charge is 2.45. The van der Waals surface area contributed by atoms with Crippen LogP contribution in [0.1, 0.15) is 55.0 Å². The molecule has 3 amide bonds. The van der Waals surface area contributed by atoms with Crippen LogP contribution in [0.2, 0.25) is 15.1 Å². The summed E-state index contributed by atoms with van der Waals surface area (Å²) in [6.07, 6.45) is 2.48. The monoisotopic (exact) mass is 830 g/mol. The number of sulfonamides is 1. The van der Waals surface area contributed by atoms with Gasteiger partial charge in [-0.15, -0.1) is 0 Å². The van der Waals surface area contributed by atoms with Crippen LogP contribution in [0.25, 0.3) is 0 Å². The molecule has 3 aromatic carbocycles. The van der Waals surface area contributed by atoms with E-state index in [1.54, 1.807) is 34.1 Å². The number of piperazine rings is 1. The van der Waals surface area contributed by atoms with Crippen LogP contribution in [0.4, 0.5) is 4.79 Å². The topological polar surface area (TPSA) is 115 Å². The maximum Gasteiger partial charge on any atom is 0.326 e. The first-order chi connectivity index (χ1) is 26.5. The van der Waals surface area contributed by atoms with Gasteiger partial charge >= 0.3 is 6.03 Å². The number of aliphatic imine (C=N–C) groups is 1. The minimum Gasteiger partial charge on any atom is -0.493 e. The number of amidine groups is 1. The summed E-state index contributed by atoms with van der Waals surface area (Å²) >= 11 is 19.5. The summed E-state index contributed by atoms with van der Waals surface area (Å²) in [7, 11) is -4.00. The van der Waals surface area contributed by atoms with Gasteiger partial charge in [0.15, 0.2) is 0 Å². The van der Waals surface area contributed by atoms with Crippen molar-refractivity contribution in [3.05, 3.63) is 92.4 Å². The molecule has 0 saturated carbocycles. The second kappa shape index (κ2) is 17.4. The van der Waals surface area contributed by atoms with Crippen molar-refractivity contribution >= 4 is 62.6 Å². The number of rotatable bonds is 9. The molecule has 3 aromatic rings. The molecule has 0 N–H and O–H groups in total. The van der Waals surface area contributed by atoms with Crippen LogP contribution >= 0.6 is 34.8 Å². The van der Waals surface area contributed by atoms with Crippen LogP contribution in [0.15, 0.2) is 70.6 Å². The molecule has 16 heteroatoms. The lowest BCUT2D eigenvalue weighted by molar-refractivity contribution is -0.136. The molecule has 12 nitrogen and oxygen atoms in total. The summed E-state index contributed by atoms with van der Waals surface area (Å²) in [4.78, 5) is 40.7. The number of carbonyl (C=O) groups excluding carboxylic acids is 2. The lowest BCUT2D eigenvalue weighted by Crippen LogP contribution is -2.56. The van der Waals surface area contributed by atoms with Crippen molar-refractivity contribution in [1.29, 1.82) is 0 Å². The first-order valence-electron chi connectivity index (χ1n) is 18.8. The Bertz CT molecular complexity index is 2000. The highest BCUT2D eigenvalue weighted by atomic mass is 35.5.